The van der Waals surface area contributed by atoms with Gasteiger partial charge >= 0.3 is 0 Å². The predicted octanol–water partition coefficient (Wildman–Crippen LogP) is 5.24. The van der Waals surface area contributed by atoms with Crippen LogP contribution in [0.4, 0.5) is 11.5 Å². The molecule has 0 fully saturated rings. The van der Waals surface area contributed by atoms with Crippen LogP contribution in [0.1, 0.15) is 5.56 Å². The molecule has 1 aliphatic rings. The third-order valence-corrected chi connectivity index (χ3v) is 5.11. The maximum absolute atomic E-state index is 4.88. The number of hydrogen-bond donors (Lipinski definition) is 0. The molecule has 2 heterocycles. The van der Waals surface area contributed by atoms with E-state index in [9.17, 15) is 0 Å². The Morgan fingerprint density at radius 2 is 1.27 bits per heavy atom. The second kappa shape index (κ2) is 6.28. The van der Waals surface area contributed by atoms with Crippen molar-refractivity contribution in [2.45, 2.75) is 5.03 Å². The molecular weight excluding hydrogens is 340 g/mol. The molecule has 0 radical (unpaired) electrons. The van der Waals surface area contributed by atoms with Crippen LogP contribution in [0.5, 0.6) is 0 Å². The SMILES string of the molecule is c1ccc(C2=NN(c3ccccc3)c3nc4ccccc4nc3S2)cc1. The average molecular weight is 354 g/mol. The maximum atomic E-state index is 4.88. The summed E-state index contributed by atoms with van der Waals surface area (Å²) in [6.07, 6.45) is 0. The highest BCUT2D eigenvalue weighted by Gasteiger charge is 2.25. The highest BCUT2D eigenvalue weighted by atomic mass is 32.2. The summed E-state index contributed by atoms with van der Waals surface area (Å²) in [5.41, 5.74) is 3.79. The van der Waals surface area contributed by atoms with Gasteiger partial charge < -0.3 is 0 Å². The van der Waals surface area contributed by atoms with Crippen LogP contribution in [0.25, 0.3) is 11.0 Å². The topological polar surface area (TPSA) is 41.4 Å². The number of hydrazone groups is 1. The third kappa shape index (κ3) is 2.62. The Balaban J connectivity index is 1.72. The number of benzene rings is 3. The molecule has 3 aromatic carbocycles. The molecule has 0 atom stereocenters. The number of anilines is 2. The summed E-state index contributed by atoms with van der Waals surface area (Å²) in [4.78, 5) is 9.68. The van der Waals surface area contributed by atoms with Gasteiger partial charge in [-0.2, -0.15) is 5.10 Å². The summed E-state index contributed by atoms with van der Waals surface area (Å²) in [5.74, 6) is 0.764. The van der Waals surface area contributed by atoms with Crippen molar-refractivity contribution < 1.29 is 0 Å². The normalized spacial score (nSPS) is 13.4. The summed E-state index contributed by atoms with van der Waals surface area (Å²) in [7, 11) is 0. The van der Waals surface area contributed by atoms with E-state index in [2.05, 4.69) is 12.1 Å². The molecule has 0 bridgehead atoms. The first-order valence-corrected chi connectivity index (χ1v) is 9.14. The highest BCUT2D eigenvalue weighted by molar-refractivity contribution is 8.14. The van der Waals surface area contributed by atoms with E-state index in [4.69, 9.17) is 15.1 Å². The van der Waals surface area contributed by atoms with Crippen molar-refractivity contribution in [2.24, 2.45) is 5.10 Å². The quantitative estimate of drug-likeness (QED) is 0.494. The van der Waals surface area contributed by atoms with Gasteiger partial charge in [-0.1, -0.05) is 60.7 Å². The molecule has 26 heavy (non-hydrogen) atoms. The Morgan fingerprint density at radius 1 is 0.654 bits per heavy atom. The van der Waals surface area contributed by atoms with Crippen LogP contribution in [0, 0.1) is 0 Å². The number of nitrogens with zero attached hydrogens (tertiary/aromatic N) is 4. The smallest absolute Gasteiger partial charge is 0.187 e. The summed E-state index contributed by atoms with van der Waals surface area (Å²) >= 11 is 1.56. The fraction of sp³-hybridized carbons (Fsp3) is 0. The van der Waals surface area contributed by atoms with Crippen LogP contribution in [-0.2, 0) is 0 Å². The number of rotatable bonds is 2. The minimum atomic E-state index is 0.764. The summed E-state index contributed by atoms with van der Waals surface area (Å²) in [5, 5.41) is 8.53. The molecule has 1 aliphatic heterocycles. The molecule has 4 aromatic rings. The van der Waals surface area contributed by atoms with Crippen molar-refractivity contribution in [3.63, 3.8) is 0 Å². The van der Waals surface area contributed by atoms with Crippen LogP contribution >= 0.6 is 11.8 Å². The molecule has 0 saturated carbocycles. The Kier molecular flexibility index (Phi) is 3.65. The van der Waals surface area contributed by atoms with Gasteiger partial charge in [-0.25, -0.2) is 15.0 Å². The molecule has 0 aliphatic carbocycles. The molecule has 0 amide bonds. The summed E-state index contributed by atoms with van der Waals surface area (Å²) in [6.45, 7) is 0. The van der Waals surface area contributed by atoms with Crippen LogP contribution in [0.2, 0.25) is 0 Å². The third-order valence-electron chi connectivity index (χ3n) is 4.13. The van der Waals surface area contributed by atoms with Crippen LogP contribution in [0.3, 0.4) is 0 Å². The molecule has 4 nitrogen and oxygen atoms in total. The highest BCUT2D eigenvalue weighted by Crippen LogP contribution is 2.39. The number of para-hydroxylation sites is 3. The van der Waals surface area contributed by atoms with Gasteiger partial charge in [-0.3, -0.25) is 0 Å². The summed E-state index contributed by atoms with van der Waals surface area (Å²) < 4.78 is 0. The first-order valence-electron chi connectivity index (χ1n) is 8.32. The van der Waals surface area contributed by atoms with E-state index in [-0.39, 0.29) is 0 Å². The number of thioether (sulfide) groups is 1. The predicted molar refractivity (Wildman–Crippen MR) is 107 cm³/mol. The number of aromatic nitrogens is 2. The maximum Gasteiger partial charge on any atom is 0.187 e. The minimum absolute atomic E-state index is 0.764. The summed E-state index contributed by atoms with van der Waals surface area (Å²) in [6, 6.07) is 28.2. The molecule has 5 heteroatoms. The van der Waals surface area contributed by atoms with E-state index in [1.54, 1.807) is 11.8 Å². The second-order valence-electron chi connectivity index (χ2n) is 5.86. The van der Waals surface area contributed by atoms with Gasteiger partial charge in [0.2, 0.25) is 0 Å². The van der Waals surface area contributed by atoms with E-state index < -0.39 is 0 Å². The van der Waals surface area contributed by atoms with Crippen LogP contribution in [-0.4, -0.2) is 15.0 Å². The van der Waals surface area contributed by atoms with Crippen LogP contribution in [0.15, 0.2) is 95.1 Å². The monoisotopic (exact) mass is 354 g/mol. The van der Waals surface area contributed by atoms with E-state index in [1.807, 2.05) is 77.8 Å². The Labute approximate surface area is 155 Å². The second-order valence-corrected chi connectivity index (χ2v) is 6.84. The Morgan fingerprint density at radius 3 is 2.00 bits per heavy atom. The Bertz CT molecular complexity index is 1110. The van der Waals surface area contributed by atoms with Crippen molar-refractivity contribution in [3.05, 3.63) is 90.5 Å². The zero-order valence-corrected chi connectivity index (χ0v) is 14.6. The van der Waals surface area contributed by atoms with E-state index in [1.165, 1.54) is 0 Å². The van der Waals surface area contributed by atoms with Gasteiger partial charge in [-0.15, -0.1) is 0 Å². The van der Waals surface area contributed by atoms with E-state index in [0.29, 0.717) is 0 Å². The van der Waals surface area contributed by atoms with Gasteiger partial charge in [0.25, 0.3) is 0 Å². The number of fused-ring (bicyclic) bond motifs is 2. The molecule has 1 aromatic heterocycles. The lowest BCUT2D eigenvalue weighted by molar-refractivity contribution is 0.974. The molecule has 5 rings (SSSR count). The first-order chi connectivity index (χ1) is 12.9. The van der Waals surface area contributed by atoms with Crippen LogP contribution < -0.4 is 5.01 Å². The Hall–Kier alpha value is -3.18. The first kappa shape index (κ1) is 15.1. The van der Waals surface area contributed by atoms with Gasteiger partial charge in [0, 0.05) is 5.56 Å². The van der Waals surface area contributed by atoms with Crippen molar-refractivity contribution in [1.82, 2.24) is 9.97 Å². The van der Waals surface area contributed by atoms with Gasteiger partial charge in [0.1, 0.15) is 10.1 Å². The average Bonchev–Trinajstić information content (AvgIpc) is 2.73. The van der Waals surface area contributed by atoms with Gasteiger partial charge in [0.15, 0.2) is 5.82 Å². The fourth-order valence-corrected chi connectivity index (χ4v) is 3.80. The molecule has 124 valence electrons. The largest absolute Gasteiger partial charge is 0.235 e. The molecule has 0 spiro atoms. The van der Waals surface area contributed by atoms with Crippen molar-refractivity contribution in [1.29, 1.82) is 0 Å². The zero-order chi connectivity index (χ0) is 17.3. The lowest BCUT2D eigenvalue weighted by Crippen LogP contribution is -2.19. The minimum Gasteiger partial charge on any atom is -0.235 e. The fourth-order valence-electron chi connectivity index (χ4n) is 2.88. The van der Waals surface area contributed by atoms with Gasteiger partial charge in [-0.05, 0) is 36.0 Å². The van der Waals surface area contributed by atoms with E-state index in [0.717, 1.165) is 38.2 Å². The van der Waals surface area contributed by atoms with Crippen molar-refractivity contribution in [3.8, 4) is 0 Å². The lowest BCUT2D eigenvalue weighted by Gasteiger charge is -2.26. The molecule has 0 saturated heterocycles. The van der Waals surface area contributed by atoms with Crippen molar-refractivity contribution in [2.75, 3.05) is 5.01 Å². The number of hydrogen-bond acceptors (Lipinski definition) is 5. The zero-order valence-electron chi connectivity index (χ0n) is 13.8. The molecule has 0 N–H and O–H groups in total. The lowest BCUT2D eigenvalue weighted by atomic mass is 10.2. The van der Waals surface area contributed by atoms with E-state index >= 15 is 0 Å². The molecular formula is C21H14N4S. The van der Waals surface area contributed by atoms with Gasteiger partial charge in [0.05, 0.1) is 16.7 Å². The molecule has 0 unspecified atom stereocenters. The van der Waals surface area contributed by atoms with Crippen molar-refractivity contribution >= 4 is 39.3 Å². The standard InChI is InChI=1S/C21H14N4S/c1-3-9-15(10-4-1)20-24-25(16-11-5-2-6-12-16)19-21(26-20)23-18-14-8-7-13-17(18)22-19/h1-14H.